The van der Waals surface area contributed by atoms with Gasteiger partial charge in [0.25, 0.3) is 0 Å². The van der Waals surface area contributed by atoms with E-state index >= 15 is 0 Å². The SMILES string of the molecule is CC(O)CC(CNC(=O)Cc1cn2ccsc2n1)c1ccccc1. The smallest absolute Gasteiger partial charge is 0.226 e. The Balaban J connectivity index is 1.59. The minimum absolute atomic E-state index is 0.0488. The van der Waals surface area contributed by atoms with Crippen LogP contribution in [0.2, 0.25) is 0 Å². The minimum atomic E-state index is -0.410. The highest BCUT2D eigenvalue weighted by Gasteiger charge is 2.16. The zero-order chi connectivity index (χ0) is 16.9. The van der Waals surface area contributed by atoms with Crippen molar-refractivity contribution in [2.24, 2.45) is 0 Å². The zero-order valence-electron chi connectivity index (χ0n) is 13.6. The maximum Gasteiger partial charge on any atom is 0.226 e. The van der Waals surface area contributed by atoms with Crippen LogP contribution >= 0.6 is 11.3 Å². The summed E-state index contributed by atoms with van der Waals surface area (Å²) in [4.78, 5) is 17.5. The molecule has 0 saturated heterocycles. The molecule has 0 aliphatic carbocycles. The fourth-order valence-electron chi connectivity index (χ4n) is 2.80. The Morgan fingerprint density at radius 2 is 2.17 bits per heavy atom. The Morgan fingerprint density at radius 3 is 2.88 bits per heavy atom. The fourth-order valence-corrected chi connectivity index (χ4v) is 3.52. The zero-order valence-corrected chi connectivity index (χ0v) is 14.4. The van der Waals surface area contributed by atoms with E-state index in [0.717, 1.165) is 16.2 Å². The van der Waals surface area contributed by atoms with Crippen LogP contribution in [-0.4, -0.2) is 33.0 Å². The number of benzene rings is 1. The van der Waals surface area contributed by atoms with Crippen LogP contribution in [0, 0.1) is 0 Å². The van der Waals surface area contributed by atoms with E-state index in [4.69, 9.17) is 0 Å². The topological polar surface area (TPSA) is 66.6 Å². The lowest BCUT2D eigenvalue weighted by Gasteiger charge is -2.19. The lowest BCUT2D eigenvalue weighted by Crippen LogP contribution is -2.31. The van der Waals surface area contributed by atoms with E-state index in [1.165, 1.54) is 0 Å². The molecule has 0 radical (unpaired) electrons. The number of hydrogen-bond donors (Lipinski definition) is 2. The molecule has 2 N–H and O–H groups in total. The largest absolute Gasteiger partial charge is 0.393 e. The number of aliphatic hydroxyl groups is 1. The molecule has 2 unspecified atom stereocenters. The molecule has 126 valence electrons. The van der Waals surface area contributed by atoms with Crippen LogP contribution in [0.3, 0.4) is 0 Å². The van der Waals surface area contributed by atoms with Gasteiger partial charge in [0.1, 0.15) is 0 Å². The number of carbonyl (C=O) groups excluding carboxylic acids is 1. The van der Waals surface area contributed by atoms with Gasteiger partial charge in [-0.15, -0.1) is 11.3 Å². The van der Waals surface area contributed by atoms with Gasteiger partial charge in [-0.1, -0.05) is 30.3 Å². The second-order valence-electron chi connectivity index (χ2n) is 6.00. The van der Waals surface area contributed by atoms with Gasteiger partial charge in [0, 0.05) is 30.2 Å². The summed E-state index contributed by atoms with van der Waals surface area (Å²) in [5, 5.41) is 14.7. The normalized spacial score (nSPS) is 13.8. The highest BCUT2D eigenvalue weighted by Crippen LogP contribution is 2.20. The van der Waals surface area contributed by atoms with Crippen molar-refractivity contribution in [3.05, 3.63) is 59.4 Å². The maximum absolute atomic E-state index is 12.2. The molecule has 3 rings (SSSR count). The molecule has 6 heteroatoms. The number of nitrogens with zero attached hydrogens (tertiary/aromatic N) is 2. The first-order valence-electron chi connectivity index (χ1n) is 8.02. The van der Waals surface area contributed by atoms with Gasteiger partial charge in [-0.3, -0.25) is 9.20 Å². The lowest BCUT2D eigenvalue weighted by molar-refractivity contribution is -0.120. The summed E-state index contributed by atoms with van der Waals surface area (Å²) in [5.41, 5.74) is 1.90. The number of imidazole rings is 1. The van der Waals surface area contributed by atoms with Crippen molar-refractivity contribution in [1.82, 2.24) is 14.7 Å². The second kappa shape index (κ2) is 7.59. The molecule has 0 fully saturated rings. The Morgan fingerprint density at radius 1 is 1.38 bits per heavy atom. The third-order valence-corrected chi connectivity index (χ3v) is 4.70. The number of amides is 1. The van der Waals surface area contributed by atoms with Crippen LogP contribution < -0.4 is 5.32 Å². The molecule has 0 bridgehead atoms. The lowest BCUT2D eigenvalue weighted by atomic mass is 9.93. The first kappa shape index (κ1) is 16.7. The molecule has 5 nitrogen and oxygen atoms in total. The van der Waals surface area contributed by atoms with Crippen molar-refractivity contribution in [2.75, 3.05) is 6.54 Å². The Hall–Kier alpha value is -2.18. The van der Waals surface area contributed by atoms with Gasteiger partial charge in [-0.2, -0.15) is 0 Å². The average Bonchev–Trinajstić information content (AvgIpc) is 3.13. The van der Waals surface area contributed by atoms with Crippen LogP contribution in [0.1, 0.15) is 30.5 Å². The molecule has 24 heavy (non-hydrogen) atoms. The molecule has 0 spiro atoms. The van der Waals surface area contributed by atoms with E-state index in [-0.39, 0.29) is 18.2 Å². The van der Waals surface area contributed by atoms with Gasteiger partial charge in [0.15, 0.2) is 4.96 Å². The summed E-state index contributed by atoms with van der Waals surface area (Å²) in [6.07, 6.45) is 4.29. The van der Waals surface area contributed by atoms with Crippen LogP contribution in [0.5, 0.6) is 0 Å². The van der Waals surface area contributed by atoms with Gasteiger partial charge >= 0.3 is 0 Å². The molecule has 1 aromatic carbocycles. The molecule has 0 aliphatic heterocycles. The Labute approximate surface area is 145 Å². The predicted molar refractivity (Wildman–Crippen MR) is 95.3 cm³/mol. The van der Waals surface area contributed by atoms with E-state index in [0.29, 0.717) is 13.0 Å². The van der Waals surface area contributed by atoms with Crippen molar-refractivity contribution in [3.63, 3.8) is 0 Å². The van der Waals surface area contributed by atoms with Crippen molar-refractivity contribution in [2.45, 2.75) is 31.8 Å². The number of aliphatic hydroxyl groups excluding tert-OH is 1. The fraction of sp³-hybridized carbons (Fsp3) is 0.333. The van der Waals surface area contributed by atoms with Crippen LogP contribution in [0.25, 0.3) is 4.96 Å². The van der Waals surface area contributed by atoms with Crippen molar-refractivity contribution < 1.29 is 9.90 Å². The third-order valence-electron chi connectivity index (χ3n) is 3.93. The molecule has 3 aromatic rings. The van der Waals surface area contributed by atoms with E-state index < -0.39 is 6.10 Å². The maximum atomic E-state index is 12.2. The summed E-state index contributed by atoms with van der Waals surface area (Å²) < 4.78 is 1.92. The summed E-state index contributed by atoms with van der Waals surface area (Å²) in [6.45, 7) is 2.28. The predicted octanol–water partition coefficient (Wildman–Crippen LogP) is 2.61. The molecule has 0 aliphatic rings. The monoisotopic (exact) mass is 343 g/mol. The average molecular weight is 343 g/mol. The first-order valence-corrected chi connectivity index (χ1v) is 8.90. The number of thiazole rings is 1. The van der Waals surface area contributed by atoms with Crippen LogP contribution in [0.4, 0.5) is 0 Å². The van der Waals surface area contributed by atoms with E-state index in [2.05, 4.69) is 10.3 Å². The van der Waals surface area contributed by atoms with E-state index in [9.17, 15) is 9.90 Å². The van der Waals surface area contributed by atoms with Crippen molar-refractivity contribution >= 4 is 22.2 Å². The number of aromatic nitrogens is 2. The molecule has 2 heterocycles. The second-order valence-corrected chi connectivity index (χ2v) is 6.87. The Bertz CT molecular complexity index is 766. The van der Waals surface area contributed by atoms with Gasteiger partial charge < -0.3 is 10.4 Å². The number of fused-ring (bicyclic) bond motifs is 1. The van der Waals surface area contributed by atoms with Crippen LogP contribution in [0.15, 0.2) is 48.1 Å². The molecular weight excluding hydrogens is 322 g/mol. The molecule has 2 atom stereocenters. The third kappa shape index (κ3) is 4.21. The number of hydrogen-bond acceptors (Lipinski definition) is 4. The van der Waals surface area contributed by atoms with Gasteiger partial charge in [-0.25, -0.2) is 4.98 Å². The number of nitrogens with one attached hydrogen (secondary N) is 1. The van der Waals surface area contributed by atoms with E-state index in [1.54, 1.807) is 18.3 Å². The standard InChI is InChI=1S/C18H21N3O2S/c1-13(22)9-15(14-5-3-2-4-6-14)11-19-17(23)10-16-12-21-7-8-24-18(21)20-16/h2-8,12-13,15,22H,9-11H2,1H3,(H,19,23). The van der Waals surface area contributed by atoms with Crippen molar-refractivity contribution in [1.29, 1.82) is 0 Å². The number of carbonyl (C=O) groups is 1. The molecular formula is C18H21N3O2S. The van der Waals surface area contributed by atoms with Gasteiger partial charge in [0.05, 0.1) is 18.2 Å². The van der Waals surface area contributed by atoms with Gasteiger partial charge in [0.2, 0.25) is 5.91 Å². The minimum Gasteiger partial charge on any atom is -0.393 e. The summed E-state index contributed by atoms with van der Waals surface area (Å²) >= 11 is 1.55. The van der Waals surface area contributed by atoms with Crippen molar-refractivity contribution in [3.8, 4) is 0 Å². The quantitative estimate of drug-likeness (QED) is 0.693. The molecule has 0 saturated carbocycles. The summed E-state index contributed by atoms with van der Waals surface area (Å²) in [6, 6.07) is 9.98. The number of rotatable bonds is 7. The highest BCUT2D eigenvalue weighted by atomic mass is 32.1. The molecule has 1 amide bonds. The van der Waals surface area contributed by atoms with E-state index in [1.807, 2.05) is 52.5 Å². The van der Waals surface area contributed by atoms with Gasteiger partial charge in [-0.05, 0) is 18.9 Å². The summed E-state index contributed by atoms with van der Waals surface area (Å²) in [5.74, 6) is 0.0490. The highest BCUT2D eigenvalue weighted by molar-refractivity contribution is 7.15. The Kier molecular flexibility index (Phi) is 5.27. The molecule has 2 aromatic heterocycles. The summed E-state index contributed by atoms with van der Waals surface area (Å²) in [7, 11) is 0. The van der Waals surface area contributed by atoms with Crippen LogP contribution in [-0.2, 0) is 11.2 Å². The first-order chi connectivity index (χ1) is 11.6.